The molecule has 8 heteroatoms. The Balaban J connectivity index is 1.76. The van der Waals surface area contributed by atoms with Crippen LogP contribution in [0.1, 0.15) is 36.5 Å². The molecule has 0 saturated carbocycles. The van der Waals surface area contributed by atoms with Crippen LogP contribution < -0.4 is 15.5 Å². The minimum Gasteiger partial charge on any atom is -0.482 e. The fourth-order valence-corrected chi connectivity index (χ4v) is 2.59. The average Bonchev–Trinajstić information content (AvgIpc) is 2.75. The number of anilines is 1. The van der Waals surface area contributed by atoms with E-state index in [1.807, 2.05) is 32.0 Å². The van der Waals surface area contributed by atoms with Gasteiger partial charge in [-0.3, -0.25) is 9.59 Å². The van der Waals surface area contributed by atoms with E-state index < -0.39 is 5.97 Å². The molecule has 0 heterocycles. The van der Waals surface area contributed by atoms with Crippen molar-refractivity contribution in [1.82, 2.24) is 5.43 Å². The summed E-state index contributed by atoms with van der Waals surface area (Å²) in [7, 11) is 0. The van der Waals surface area contributed by atoms with Gasteiger partial charge in [0.15, 0.2) is 6.61 Å². The second kappa shape index (κ2) is 12.1. The molecule has 0 saturated heterocycles. The van der Waals surface area contributed by atoms with Crippen molar-refractivity contribution in [1.29, 1.82) is 0 Å². The Bertz CT molecular complexity index is 956. The van der Waals surface area contributed by atoms with Crippen LogP contribution in [0.2, 0.25) is 0 Å². The fraction of sp³-hybridized carbons (Fsp3) is 0.304. The quantitative estimate of drug-likeness (QED) is 0.346. The first kappa shape index (κ1) is 23.6. The molecular formula is C23H27N3O5. The molecule has 0 spiro atoms. The number of hydrogen-bond donors (Lipinski definition) is 2. The van der Waals surface area contributed by atoms with Crippen LogP contribution in [0.25, 0.3) is 0 Å². The Morgan fingerprint density at radius 3 is 2.55 bits per heavy atom. The van der Waals surface area contributed by atoms with E-state index in [1.165, 1.54) is 6.21 Å². The molecule has 0 aliphatic rings. The van der Waals surface area contributed by atoms with E-state index in [0.717, 1.165) is 16.8 Å². The van der Waals surface area contributed by atoms with Gasteiger partial charge < -0.3 is 14.8 Å². The molecule has 2 aromatic rings. The van der Waals surface area contributed by atoms with Crippen molar-refractivity contribution in [3.63, 3.8) is 0 Å². The van der Waals surface area contributed by atoms with Gasteiger partial charge in [-0.2, -0.15) is 5.10 Å². The van der Waals surface area contributed by atoms with Crippen molar-refractivity contribution < 1.29 is 23.9 Å². The number of hydrazone groups is 1. The third-order valence-electron chi connectivity index (χ3n) is 4.38. The topological polar surface area (TPSA) is 106 Å². The van der Waals surface area contributed by atoms with Gasteiger partial charge >= 0.3 is 5.97 Å². The van der Waals surface area contributed by atoms with Gasteiger partial charge in [-0.25, -0.2) is 10.2 Å². The van der Waals surface area contributed by atoms with Crippen molar-refractivity contribution >= 4 is 29.7 Å². The van der Waals surface area contributed by atoms with Crippen molar-refractivity contribution in [2.45, 2.75) is 33.6 Å². The van der Waals surface area contributed by atoms with Gasteiger partial charge in [0.2, 0.25) is 11.8 Å². The predicted molar refractivity (Wildman–Crippen MR) is 118 cm³/mol. The fourth-order valence-electron chi connectivity index (χ4n) is 2.59. The van der Waals surface area contributed by atoms with E-state index in [9.17, 15) is 14.4 Å². The summed E-state index contributed by atoms with van der Waals surface area (Å²) in [6.07, 6.45) is 1.51. The number of ether oxygens (including phenoxy) is 2. The maximum atomic E-state index is 12.1. The lowest BCUT2D eigenvalue weighted by molar-refractivity contribution is -0.145. The summed E-state index contributed by atoms with van der Waals surface area (Å²) < 4.78 is 10.2. The number of amides is 2. The zero-order valence-corrected chi connectivity index (χ0v) is 17.9. The molecule has 0 aliphatic heterocycles. The minimum absolute atomic E-state index is 0.0106. The molecule has 2 N–H and O–H groups in total. The minimum atomic E-state index is -0.449. The summed E-state index contributed by atoms with van der Waals surface area (Å²) in [5.41, 5.74) is 5.89. The van der Waals surface area contributed by atoms with Crippen LogP contribution in [0.5, 0.6) is 5.75 Å². The second-order valence-electron chi connectivity index (χ2n) is 6.76. The highest BCUT2D eigenvalue weighted by Gasteiger charge is 2.09. The molecule has 2 rings (SSSR count). The van der Waals surface area contributed by atoms with E-state index in [0.29, 0.717) is 17.9 Å². The molecule has 31 heavy (non-hydrogen) atoms. The lowest BCUT2D eigenvalue weighted by Crippen LogP contribution is -2.21. The van der Waals surface area contributed by atoms with Crippen molar-refractivity contribution in [2.75, 3.05) is 18.5 Å². The number of benzene rings is 2. The van der Waals surface area contributed by atoms with Gasteiger partial charge in [0.25, 0.3) is 0 Å². The zero-order chi connectivity index (χ0) is 22.6. The molecule has 2 amide bonds. The summed E-state index contributed by atoms with van der Waals surface area (Å²) in [4.78, 5) is 35.4. The normalized spacial score (nSPS) is 10.5. The Kier molecular flexibility index (Phi) is 9.22. The lowest BCUT2D eigenvalue weighted by Gasteiger charge is -2.10. The van der Waals surface area contributed by atoms with E-state index in [2.05, 4.69) is 15.8 Å². The number of nitrogens with zero attached hydrogens (tertiary/aromatic N) is 1. The van der Waals surface area contributed by atoms with Crippen LogP contribution in [0, 0.1) is 13.8 Å². The molecule has 0 aromatic heterocycles. The average molecular weight is 425 g/mol. The molecule has 0 atom stereocenters. The van der Waals surface area contributed by atoms with Crippen LogP contribution in [0.15, 0.2) is 47.6 Å². The van der Waals surface area contributed by atoms with E-state index in [-0.39, 0.29) is 31.3 Å². The van der Waals surface area contributed by atoms with Gasteiger partial charge in [0.05, 0.1) is 12.8 Å². The third-order valence-corrected chi connectivity index (χ3v) is 4.38. The molecule has 0 bridgehead atoms. The predicted octanol–water partition coefficient (Wildman–Crippen LogP) is 3.11. The van der Waals surface area contributed by atoms with Gasteiger partial charge in [-0.05, 0) is 55.7 Å². The van der Waals surface area contributed by atoms with Crippen LogP contribution in [-0.4, -0.2) is 37.2 Å². The SMILES string of the molecule is CCOC(=O)COc1cccc(C=NNC(=O)CCC(=O)Nc2cccc(C)c2C)c1. The van der Waals surface area contributed by atoms with Crippen LogP contribution in [0.3, 0.4) is 0 Å². The maximum Gasteiger partial charge on any atom is 0.344 e. The summed E-state index contributed by atoms with van der Waals surface area (Å²) in [6, 6.07) is 12.5. The largest absolute Gasteiger partial charge is 0.482 e. The molecule has 0 fully saturated rings. The van der Waals surface area contributed by atoms with Crippen LogP contribution >= 0.6 is 0 Å². The van der Waals surface area contributed by atoms with E-state index in [1.54, 1.807) is 31.2 Å². The second-order valence-corrected chi connectivity index (χ2v) is 6.76. The number of esters is 1. The van der Waals surface area contributed by atoms with Crippen LogP contribution in [-0.2, 0) is 19.1 Å². The number of carbonyl (C=O) groups excluding carboxylic acids is 3. The Morgan fingerprint density at radius 2 is 1.77 bits per heavy atom. The summed E-state index contributed by atoms with van der Waals surface area (Å²) in [5, 5.41) is 6.71. The van der Waals surface area contributed by atoms with E-state index >= 15 is 0 Å². The highest BCUT2D eigenvalue weighted by atomic mass is 16.6. The molecule has 164 valence electrons. The Hall–Kier alpha value is -3.68. The first-order valence-electron chi connectivity index (χ1n) is 9.95. The van der Waals surface area contributed by atoms with Crippen molar-refractivity contribution in [2.24, 2.45) is 5.10 Å². The molecule has 8 nitrogen and oxygen atoms in total. The summed E-state index contributed by atoms with van der Waals surface area (Å²) >= 11 is 0. The lowest BCUT2D eigenvalue weighted by atomic mass is 10.1. The molecular weight excluding hydrogens is 398 g/mol. The maximum absolute atomic E-state index is 12.1. The zero-order valence-electron chi connectivity index (χ0n) is 17.9. The highest BCUT2D eigenvalue weighted by molar-refractivity contribution is 5.94. The Morgan fingerprint density at radius 1 is 1.03 bits per heavy atom. The molecule has 0 radical (unpaired) electrons. The summed E-state index contributed by atoms with van der Waals surface area (Å²) in [6.45, 7) is 5.74. The third kappa shape index (κ3) is 8.30. The standard InChI is InChI=1S/C23H27N3O5/c1-4-30-23(29)15-31-19-9-6-8-18(13-19)14-24-26-22(28)12-11-21(27)25-20-10-5-7-16(2)17(20)3/h5-10,13-14H,4,11-12,15H2,1-3H3,(H,25,27)(H,26,28). The number of carbonyl (C=O) groups is 3. The molecule has 0 unspecified atom stereocenters. The number of rotatable bonds is 10. The number of aryl methyl sites for hydroxylation is 1. The van der Waals surface area contributed by atoms with Crippen molar-refractivity contribution in [3.8, 4) is 5.75 Å². The highest BCUT2D eigenvalue weighted by Crippen LogP contribution is 2.18. The number of hydrogen-bond acceptors (Lipinski definition) is 6. The van der Waals surface area contributed by atoms with Gasteiger partial charge in [-0.15, -0.1) is 0 Å². The molecule has 0 aliphatic carbocycles. The smallest absolute Gasteiger partial charge is 0.344 e. The van der Waals surface area contributed by atoms with E-state index in [4.69, 9.17) is 9.47 Å². The summed E-state index contributed by atoms with van der Waals surface area (Å²) in [5.74, 6) is -0.580. The van der Waals surface area contributed by atoms with Gasteiger partial charge in [0, 0.05) is 18.5 Å². The van der Waals surface area contributed by atoms with Crippen molar-refractivity contribution in [3.05, 3.63) is 59.2 Å². The first-order valence-corrected chi connectivity index (χ1v) is 9.95. The number of nitrogens with one attached hydrogen (secondary N) is 2. The first-order chi connectivity index (χ1) is 14.9. The Labute approximate surface area is 181 Å². The van der Waals surface area contributed by atoms with Crippen LogP contribution in [0.4, 0.5) is 5.69 Å². The van der Waals surface area contributed by atoms with Gasteiger partial charge in [0.1, 0.15) is 5.75 Å². The van der Waals surface area contributed by atoms with Gasteiger partial charge in [-0.1, -0.05) is 24.3 Å². The molecule has 2 aromatic carbocycles. The monoisotopic (exact) mass is 425 g/mol.